The molecule has 0 atom stereocenters. The van der Waals surface area contributed by atoms with Crippen LogP contribution in [-0.2, 0) is 4.74 Å². The maximum absolute atomic E-state index is 12.2. The number of hydrogen-bond acceptors (Lipinski definition) is 6. The number of nitrogen functional groups attached to an aromatic ring is 1. The highest BCUT2D eigenvalue weighted by molar-refractivity contribution is 7.18. The predicted molar refractivity (Wildman–Crippen MR) is 74.3 cm³/mol. The minimum atomic E-state index is -0.0887. The van der Waals surface area contributed by atoms with Gasteiger partial charge in [-0.2, -0.15) is 0 Å². The number of carbonyl (C=O) groups excluding carboxylic acids is 1. The van der Waals surface area contributed by atoms with Gasteiger partial charge in [-0.25, -0.2) is 4.98 Å². The number of methoxy groups -OCH3 is 1. The molecule has 7 heteroatoms. The Morgan fingerprint density at radius 3 is 2.61 bits per heavy atom. The molecule has 0 aliphatic carbocycles. The zero-order valence-electron chi connectivity index (χ0n) is 11.3. The first kappa shape index (κ1) is 14.7. The van der Waals surface area contributed by atoms with Gasteiger partial charge in [0.15, 0.2) is 5.13 Å². The van der Waals surface area contributed by atoms with E-state index in [4.69, 9.17) is 10.5 Å². The maximum Gasteiger partial charge on any atom is 0.267 e. The number of amides is 1. The highest BCUT2D eigenvalue weighted by atomic mass is 32.1. The van der Waals surface area contributed by atoms with Gasteiger partial charge in [-0.15, -0.1) is 0 Å². The zero-order chi connectivity index (χ0) is 13.7. The third-order valence-electron chi connectivity index (χ3n) is 2.41. The van der Waals surface area contributed by atoms with Crippen LogP contribution in [0.4, 0.5) is 10.9 Å². The summed E-state index contributed by atoms with van der Waals surface area (Å²) >= 11 is 1.31. The fourth-order valence-electron chi connectivity index (χ4n) is 1.39. The first-order valence-electron chi connectivity index (χ1n) is 5.65. The quantitative estimate of drug-likeness (QED) is 0.779. The van der Waals surface area contributed by atoms with E-state index in [1.54, 1.807) is 19.1 Å². The summed E-state index contributed by atoms with van der Waals surface area (Å²) < 4.78 is 4.96. The van der Waals surface area contributed by atoms with Crippen LogP contribution < -0.4 is 10.6 Å². The lowest BCUT2D eigenvalue weighted by molar-refractivity contribution is 0.0785. The molecule has 1 amide bonds. The van der Waals surface area contributed by atoms with Crippen LogP contribution >= 0.6 is 11.3 Å². The molecule has 0 saturated carbocycles. The normalized spacial score (nSPS) is 10.4. The van der Waals surface area contributed by atoms with Gasteiger partial charge in [-0.05, 0) is 6.42 Å². The van der Waals surface area contributed by atoms with E-state index in [2.05, 4.69) is 4.98 Å². The SMILES string of the molecule is COCCCN(C)C(=O)c1sc(N(C)C)nc1N. The number of anilines is 2. The second kappa shape index (κ2) is 6.55. The molecule has 102 valence electrons. The molecule has 0 spiro atoms. The van der Waals surface area contributed by atoms with Crippen LogP contribution in [0.1, 0.15) is 16.1 Å². The molecular formula is C11H20N4O2S. The van der Waals surface area contributed by atoms with Crippen molar-refractivity contribution in [3.63, 3.8) is 0 Å². The number of carbonyl (C=O) groups is 1. The van der Waals surface area contributed by atoms with E-state index >= 15 is 0 Å². The Kier molecular flexibility index (Phi) is 5.36. The third kappa shape index (κ3) is 3.58. The van der Waals surface area contributed by atoms with E-state index in [9.17, 15) is 4.79 Å². The van der Waals surface area contributed by atoms with Gasteiger partial charge in [0.25, 0.3) is 5.91 Å². The molecule has 1 aromatic heterocycles. The number of nitrogens with two attached hydrogens (primary N) is 1. The van der Waals surface area contributed by atoms with Crippen molar-refractivity contribution < 1.29 is 9.53 Å². The summed E-state index contributed by atoms with van der Waals surface area (Å²) in [7, 11) is 7.14. The predicted octanol–water partition coefficient (Wildman–Crippen LogP) is 0.900. The Labute approximate surface area is 111 Å². The van der Waals surface area contributed by atoms with Crippen molar-refractivity contribution in [3.8, 4) is 0 Å². The molecule has 6 nitrogen and oxygen atoms in total. The Balaban J connectivity index is 2.71. The number of hydrogen-bond donors (Lipinski definition) is 1. The summed E-state index contributed by atoms with van der Waals surface area (Å²) in [5.74, 6) is 0.210. The third-order valence-corrected chi connectivity index (χ3v) is 3.63. The number of ether oxygens (including phenoxy) is 1. The Hall–Kier alpha value is -1.34. The smallest absolute Gasteiger partial charge is 0.267 e. The monoisotopic (exact) mass is 272 g/mol. The van der Waals surface area contributed by atoms with Crippen LogP contribution in [0.15, 0.2) is 0 Å². The molecule has 0 unspecified atom stereocenters. The fourth-order valence-corrected chi connectivity index (χ4v) is 2.29. The topological polar surface area (TPSA) is 71.7 Å². The molecule has 18 heavy (non-hydrogen) atoms. The van der Waals surface area contributed by atoms with Crippen LogP contribution in [0.5, 0.6) is 0 Å². The van der Waals surface area contributed by atoms with Gasteiger partial charge >= 0.3 is 0 Å². The molecule has 0 aliphatic heterocycles. The van der Waals surface area contributed by atoms with E-state index in [0.29, 0.717) is 23.8 Å². The molecule has 0 radical (unpaired) electrons. The van der Waals surface area contributed by atoms with Crippen LogP contribution in [0.25, 0.3) is 0 Å². The minimum absolute atomic E-state index is 0.0887. The first-order valence-corrected chi connectivity index (χ1v) is 6.47. The van der Waals surface area contributed by atoms with Gasteiger partial charge in [0.05, 0.1) is 0 Å². The summed E-state index contributed by atoms with van der Waals surface area (Å²) in [6.07, 6.45) is 0.804. The zero-order valence-corrected chi connectivity index (χ0v) is 12.1. The van der Waals surface area contributed by atoms with Crippen molar-refractivity contribution in [1.29, 1.82) is 0 Å². The second-order valence-corrected chi connectivity index (χ2v) is 5.16. The average Bonchev–Trinajstić information content (AvgIpc) is 2.70. The van der Waals surface area contributed by atoms with Crippen LogP contribution in [0, 0.1) is 0 Å². The van der Waals surface area contributed by atoms with E-state index in [-0.39, 0.29) is 5.91 Å². The Bertz CT molecular complexity index is 406. The lowest BCUT2D eigenvalue weighted by atomic mass is 10.3. The minimum Gasteiger partial charge on any atom is -0.385 e. The van der Waals surface area contributed by atoms with Gasteiger partial charge in [0.2, 0.25) is 0 Å². The largest absolute Gasteiger partial charge is 0.385 e. The average molecular weight is 272 g/mol. The Morgan fingerprint density at radius 2 is 2.11 bits per heavy atom. The highest BCUT2D eigenvalue weighted by Gasteiger charge is 2.20. The standard InChI is InChI=1S/C11H20N4O2S/c1-14(2)11-13-9(12)8(18-11)10(16)15(3)6-5-7-17-4/h5-7,12H2,1-4H3. The van der Waals surface area contributed by atoms with Crippen molar-refractivity contribution >= 4 is 28.2 Å². The number of aromatic nitrogens is 1. The molecule has 0 saturated heterocycles. The molecule has 2 N–H and O–H groups in total. The summed E-state index contributed by atoms with van der Waals surface area (Å²) in [6.45, 7) is 1.28. The van der Waals surface area contributed by atoms with Crippen molar-refractivity contribution in [2.45, 2.75) is 6.42 Å². The van der Waals surface area contributed by atoms with E-state index in [1.165, 1.54) is 11.3 Å². The van der Waals surface area contributed by atoms with Crippen LogP contribution in [-0.4, -0.2) is 57.2 Å². The number of rotatable bonds is 6. The maximum atomic E-state index is 12.2. The molecule has 1 aromatic rings. The van der Waals surface area contributed by atoms with Gasteiger partial charge in [-0.1, -0.05) is 11.3 Å². The van der Waals surface area contributed by atoms with Crippen molar-refractivity contribution in [2.75, 3.05) is 52.0 Å². The van der Waals surface area contributed by atoms with Gasteiger partial charge < -0.3 is 20.3 Å². The number of thiazole rings is 1. The summed E-state index contributed by atoms with van der Waals surface area (Å²) in [6, 6.07) is 0. The molecule has 1 rings (SSSR count). The van der Waals surface area contributed by atoms with Crippen molar-refractivity contribution in [2.24, 2.45) is 0 Å². The molecular weight excluding hydrogens is 252 g/mol. The lowest BCUT2D eigenvalue weighted by Crippen LogP contribution is -2.28. The van der Waals surface area contributed by atoms with Crippen LogP contribution in [0.2, 0.25) is 0 Å². The molecule has 0 bridgehead atoms. The lowest BCUT2D eigenvalue weighted by Gasteiger charge is -2.15. The molecule has 0 fully saturated rings. The summed E-state index contributed by atoms with van der Waals surface area (Å²) in [5, 5.41) is 0.737. The van der Waals surface area contributed by atoms with Crippen LogP contribution in [0.3, 0.4) is 0 Å². The molecule has 0 aliphatic rings. The van der Waals surface area contributed by atoms with Gasteiger partial charge in [-0.3, -0.25) is 4.79 Å². The first-order chi connectivity index (χ1) is 8.47. The molecule has 0 aromatic carbocycles. The van der Waals surface area contributed by atoms with E-state index < -0.39 is 0 Å². The second-order valence-electron chi connectivity index (χ2n) is 4.18. The highest BCUT2D eigenvalue weighted by Crippen LogP contribution is 2.27. The van der Waals surface area contributed by atoms with Gasteiger partial charge in [0, 0.05) is 41.4 Å². The van der Waals surface area contributed by atoms with Crippen molar-refractivity contribution in [1.82, 2.24) is 9.88 Å². The van der Waals surface area contributed by atoms with E-state index in [1.807, 2.05) is 19.0 Å². The van der Waals surface area contributed by atoms with E-state index in [0.717, 1.165) is 11.6 Å². The van der Waals surface area contributed by atoms with Gasteiger partial charge in [0.1, 0.15) is 10.7 Å². The number of nitrogens with zero attached hydrogens (tertiary/aromatic N) is 3. The Morgan fingerprint density at radius 1 is 1.44 bits per heavy atom. The summed E-state index contributed by atoms with van der Waals surface area (Å²) in [5.41, 5.74) is 5.77. The summed E-state index contributed by atoms with van der Waals surface area (Å²) in [4.78, 5) is 20.3. The molecule has 1 heterocycles. The van der Waals surface area contributed by atoms with Crippen molar-refractivity contribution in [3.05, 3.63) is 4.88 Å². The fraction of sp³-hybridized carbons (Fsp3) is 0.636.